The molecule has 186 valence electrons. The fraction of sp³-hybridized carbons (Fsp3) is 0.444. The van der Waals surface area contributed by atoms with Gasteiger partial charge in [0.2, 0.25) is 5.91 Å². The number of likely N-dealkylation sites (tertiary alicyclic amines) is 1. The van der Waals surface area contributed by atoms with E-state index in [0.29, 0.717) is 19.6 Å². The minimum atomic E-state index is -0.883. The molecular weight excluding hydrogens is 448 g/mol. The molecule has 2 aliphatic rings. The van der Waals surface area contributed by atoms with E-state index in [4.69, 9.17) is 9.47 Å². The zero-order valence-corrected chi connectivity index (χ0v) is 20.1. The molecule has 2 N–H and O–H groups in total. The Morgan fingerprint density at radius 2 is 1.71 bits per heavy atom. The molecule has 0 aromatic heterocycles. The van der Waals surface area contributed by atoms with Gasteiger partial charge in [-0.2, -0.15) is 0 Å². The number of carboxylic acid groups (broad SMARTS) is 1. The van der Waals surface area contributed by atoms with Gasteiger partial charge >= 0.3 is 12.1 Å². The largest absolute Gasteiger partial charge is 0.481 e. The highest BCUT2D eigenvalue weighted by molar-refractivity contribution is 5.80. The summed E-state index contributed by atoms with van der Waals surface area (Å²) in [5.41, 5.74) is 4.60. The van der Waals surface area contributed by atoms with Gasteiger partial charge in [-0.15, -0.1) is 0 Å². The van der Waals surface area contributed by atoms with E-state index in [1.54, 1.807) is 11.8 Å². The first-order valence-corrected chi connectivity index (χ1v) is 12.1. The molecule has 0 saturated carbocycles. The molecule has 0 spiro atoms. The molecule has 1 heterocycles. The third-order valence-electron chi connectivity index (χ3n) is 7.01. The van der Waals surface area contributed by atoms with Gasteiger partial charge in [-0.05, 0) is 42.5 Å². The second kappa shape index (κ2) is 10.9. The lowest BCUT2D eigenvalue weighted by molar-refractivity contribution is -0.143. The number of rotatable bonds is 9. The Bertz CT molecular complexity index is 1040. The monoisotopic (exact) mass is 480 g/mol. The van der Waals surface area contributed by atoms with Crippen LogP contribution in [0.3, 0.4) is 0 Å². The number of aliphatic carboxylic acids is 1. The molecule has 1 aliphatic carbocycles. The molecule has 4 rings (SSSR count). The summed E-state index contributed by atoms with van der Waals surface area (Å²) in [6.07, 6.45) is -0.582. The van der Waals surface area contributed by atoms with E-state index in [-0.39, 0.29) is 37.4 Å². The highest BCUT2D eigenvalue weighted by Crippen LogP contribution is 2.44. The Morgan fingerprint density at radius 1 is 1.09 bits per heavy atom. The Kier molecular flexibility index (Phi) is 7.70. The predicted octanol–water partition coefficient (Wildman–Crippen LogP) is 3.64. The van der Waals surface area contributed by atoms with E-state index >= 15 is 0 Å². The van der Waals surface area contributed by atoms with Crippen LogP contribution in [-0.4, -0.2) is 66.4 Å². The second-order valence-electron chi connectivity index (χ2n) is 9.05. The summed E-state index contributed by atoms with van der Waals surface area (Å²) in [7, 11) is 0. The van der Waals surface area contributed by atoms with Gasteiger partial charge in [-0.3, -0.25) is 9.59 Å². The number of ether oxygens (including phenoxy) is 2. The summed E-state index contributed by atoms with van der Waals surface area (Å²) >= 11 is 0. The number of benzene rings is 2. The topological polar surface area (TPSA) is 105 Å². The average molecular weight is 481 g/mol. The van der Waals surface area contributed by atoms with Crippen LogP contribution in [0.5, 0.6) is 0 Å². The van der Waals surface area contributed by atoms with Crippen LogP contribution in [0, 0.1) is 5.92 Å². The average Bonchev–Trinajstić information content (AvgIpc) is 3.39. The van der Waals surface area contributed by atoms with Gasteiger partial charge in [0, 0.05) is 31.7 Å². The first-order valence-electron chi connectivity index (χ1n) is 12.1. The van der Waals surface area contributed by atoms with Crippen molar-refractivity contribution >= 4 is 18.0 Å². The summed E-state index contributed by atoms with van der Waals surface area (Å²) in [5.74, 6) is -1.64. The molecule has 2 amide bonds. The maximum absolute atomic E-state index is 12.8. The maximum Gasteiger partial charge on any atom is 0.407 e. The normalized spacial score (nSPS) is 19.7. The molecule has 8 heteroatoms. The van der Waals surface area contributed by atoms with Crippen molar-refractivity contribution in [2.24, 2.45) is 5.92 Å². The molecule has 1 saturated heterocycles. The van der Waals surface area contributed by atoms with E-state index in [2.05, 4.69) is 29.6 Å². The molecular formula is C27H32N2O6. The lowest BCUT2D eigenvalue weighted by Gasteiger charge is -2.26. The van der Waals surface area contributed by atoms with Crippen LogP contribution in [0.1, 0.15) is 43.7 Å². The molecule has 1 fully saturated rings. The number of carbonyl (C=O) groups excluding carboxylic acids is 2. The SMILES string of the molecule is CCOC(CNC(=O)OCC1c2ccccc2-c2ccccc21)CC(=O)N1CCC(C(=O)O)C1C. The Morgan fingerprint density at radius 3 is 2.29 bits per heavy atom. The van der Waals surface area contributed by atoms with Crippen LogP contribution in [-0.2, 0) is 19.1 Å². The summed E-state index contributed by atoms with van der Waals surface area (Å²) in [6.45, 7) is 4.71. The first-order chi connectivity index (χ1) is 16.9. The van der Waals surface area contributed by atoms with Crippen LogP contribution >= 0.6 is 0 Å². The summed E-state index contributed by atoms with van der Waals surface area (Å²) in [5, 5.41) is 12.0. The van der Waals surface area contributed by atoms with E-state index < -0.39 is 24.1 Å². The van der Waals surface area contributed by atoms with Crippen molar-refractivity contribution in [3.63, 3.8) is 0 Å². The molecule has 35 heavy (non-hydrogen) atoms. The molecule has 0 bridgehead atoms. The third-order valence-corrected chi connectivity index (χ3v) is 7.01. The molecule has 3 atom stereocenters. The highest BCUT2D eigenvalue weighted by Gasteiger charge is 2.38. The molecule has 3 unspecified atom stereocenters. The maximum atomic E-state index is 12.8. The zero-order valence-electron chi connectivity index (χ0n) is 20.1. The molecule has 2 aromatic rings. The van der Waals surface area contributed by atoms with Crippen LogP contribution in [0.25, 0.3) is 11.1 Å². The molecule has 2 aromatic carbocycles. The highest BCUT2D eigenvalue weighted by atomic mass is 16.5. The standard InChI is InChI=1S/C27H32N2O6/c1-3-34-18(14-25(30)29-13-12-19(17(29)2)26(31)32)15-28-27(33)35-16-24-22-10-6-4-8-20(22)21-9-5-7-11-23(21)24/h4-11,17-19,24H,3,12-16H2,1-2H3,(H,28,33)(H,31,32). The number of alkyl carbamates (subject to hydrolysis) is 1. The lowest BCUT2D eigenvalue weighted by Crippen LogP contribution is -2.42. The van der Waals surface area contributed by atoms with Gasteiger partial charge in [0.05, 0.1) is 18.4 Å². The van der Waals surface area contributed by atoms with Crippen molar-refractivity contribution in [3.05, 3.63) is 59.7 Å². The van der Waals surface area contributed by atoms with Crippen LogP contribution in [0.4, 0.5) is 4.79 Å². The van der Waals surface area contributed by atoms with Crippen molar-refractivity contribution in [1.82, 2.24) is 10.2 Å². The number of hydrogen-bond donors (Lipinski definition) is 2. The van der Waals surface area contributed by atoms with Crippen LogP contribution < -0.4 is 5.32 Å². The van der Waals surface area contributed by atoms with Gasteiger partial charge in [0.15, 0.2) is 0 Å². The minimum absolute atomic E-state index is 0.0312. The predicted molar refractivity (Wildman–Crippen MR) is 130 cm³/mol. The summed E-state index contributed by atoms with van der Waals surface area (Å²) < 4.78 is 11.2. The zero-order chi connectivity index (χ0) is 24.9. The van der Waals surface area contributed by atoms with Crippen LogP contribution in [0.2, 0.25) is 0 Å². The van der Waals surface area contributed by atoms with Gasteiger partial charge in [-0.25, -0.2) is 4.79 Å². The van der Waals surface area contributed by atoms with Gasteiger partial charge in [0.1, 0.15) is 6.61 Å². The number of carbonyl (C=O) groups is 3. The van der Waals surface area contributed by atoms with Gasteiger partial charge < -0.3 is 24.8 Å². The van der Waals surface area contributed by atoms with Crippen molar-refractivity contribution in [2.45, 2.75) is 44.8 Å². The molecule has 1 aliphatic heterocycles. The Balaban J connectivity index is 1.30. The summed E-state index contributed by atoms with van der Waals surface area (Å²) in [4.78, 5) is 38.2. The lowest BCUT2D eigenvalue weighted by atomic mass is 9.98. The van der Waals surface area contributed by atoms with Gasteiger partial charge in [0.25, 0.3) is 0 Å². The summed E-state index contributed by atoms with van der Waals surface area (Å²) in [6, 6.07) is 15.9. The second-order valence-corrected chi connectivity index (χ2v) is 9.05. The van der Waals surface area contributed by atoms with Crippen molar-refractivity contribution in [2.75, 3.05) is 26.3 Å². The van der Waals surface area contributed by atoms with Crippen molar-refractivity contribution in [3.8, 4) is 11.1 Å². The number of hydrogen-bond acceptors (Lipinski definition) is 5. The molecule has 8 nitrogen and oxygen atoms in total. The van der Waals surface area contributed by atoms with E-state index in [1.807, 2.05) is 31.2 Å². The molecule has 0 radical (unpaired) electrons. The number of nitrogens with zero attached hydrogens (tertiary/aromatic N) is 1. The van der Waals surface area contributed by atoms with Crippen molar-refractivity contribution < 1.29 is 29.0 Å². The van der Waals surface area contributed by atoms with E-state index in [0.717, 1.165) is 22.3 Å². The first kappa shape index (κ1) is 24.7. The minimum Gasteiger partial charge on any atom is -0.481 e. The number of fused-ring (bicyclic) bond motifs is 3. The van der Waals surface area contributed by atoms with E-state index in [1.165, 1.54) is 0 Å². The van der Waals surface area contributed by atoms with Crippen molar-refractivity contribution in [1.29, 1.82) is 0 Å². The Hall–Kier alpha value is -3.39. The van der Waals surface area contributed by atoms with E-state index in [9.17, 15) is 19.5 Å². The quantitative estimate of drug-likeness (QED) is 0.568. The third kappa shape index (κ3) is 5.32. The smallest absolute Gasteiger partial charge is 0.407 e. The fourth-order valence-corrected chi connectivity index (χ4v) is 5.21. The Labute approximate surface area is 205 Å². The number of nitrogens with one attached hydrogen (secondary N) is 1. The van der Waals surface area contributed by atoms with Crippen LogP contribution in [0.15, 0.2) is 48.5 Å². The fourth-order valence-electron chi connectivity index (χ4n) is 5.21. The number of amides is 2. The van der Waals surface area contributed by atoms with Gasteiger partial charge in [-0.1, -0.05) is 48.5 Å². The number of carboxylic acids is 1.